The first-order valence-electron chi connectivity index (χ1n) is 7.60. The summed E-state index contributed by atoms with van der Waals surface area (Å²) in [6.45, 7) is 10.9. The van der Waals surface area contributed by atoms with Gasteiger partial charge in [0.1, 0.15) is 0 Å². The zero-order valence-electron chi connectivity index (χ0n) is 13.7. The van der Waals surface area contributed by atoms with Crippen LogP contribution in [0.4, 0.5) is 0 Å². The molecule has 0 radical (unpaired) electrons. The monoisotopic (exact) mass is 278 g/mol. The average Bonchev–Trinajstić information content (AvgIpc) is 2.35. The molecule has 0 saturated carbocycles. The largest absolute Gasteiger partial charge is 0.463 e. The van der Waals surface area contributed by atoms with Gasteiger partial charge in [-0.1, -0.05) is 37.6 Å². The van der Waals surface area contributed by atoms with Gasteiger partial charge in [0.05, 0.1) is 6.61 Å². The van der Waals surface area contributed by atoms with Crippen molar-refractivity contribution in [3.8, 4) is 0 Å². The first-order chi connectivity index (χ1) is 9.45. The average molecular weight is 278 g/mol. The number of hydrogen-bond acceptors (Lipinski definition) is 2. The number of hydrogen-bond donors (Lipinski definition) is 0. The van der Waals surface area contributed by atoms with E-state index in [1.165, 1.54) is 12.0 Å². The number of rotatable bonds is 9. The maximum atomic E-state index is 11.4. The number of esters is 1. The van der Waals surface area contributed by atoms with Gasteiger partial charge >= 0.3 is 5.97 Å². The third-order valence-corrected chi connectivity index (χ3v) is 2.93. The summed E-state index contributed by atoms with van der Waals surface area (Å²) in [6.07, 6.45) is 12.3. The molecule has 0 saturated heterocycles. The molecule has 2 heteroatoms. The fourth-order valence-electron chi connectivity index (χ4n) is 1.74. The molecule has 0 aliphatic rings. The van der Waals surface area contributed by atoms with Crippen LogP contribution in [0.15, 0.2) is 35.5 Å². The smallest absolute Gasteiger partial charge is 0.331 e. The Bertz CT molecular complexity index is 358. The van der Waals surface area contributed by atoms with Gasteiger partial charge in [-0.3, -0.25) is 0 Å². The van der Waals surface area contributed by atoms with Crippen molar-refractivity contribution in [2.75, 3.05) is 6.61 Å². The highest BCUT2D eigenvalue weighted by Crippen LogP contribution is 2.13. The lowest BCUT2D eigenvalue weighted by atomic mass is 10.0. The molecule has 0 aromatic carbocycles. The van der Waals surface area contributed by atoms with E-state index >= 15 is 0 Å². The van der Waals surface area contributed by atoms with Crippen molar-refractivity contribution in [3.05, 3.63) is 35.5 Å². The molecular weight excluding hydrogens is 248 g/mol. The molecule has 1 atom stereocenters. The standard InChI is InChI=1S/C18H30O2/c1-6-13-20-18(19)14-17(5)12-8-11-16(4)10-7-9-15(2)3/h8-9,12,14,16H,6-7,10-11,13H2,1-5H3/b12-8+,17-14+. The molecule has 114 valence electrons. The molecule has 0 amide bonds. The third-order valence-electron chi connectivity index (χ3n) is 2.93. The van der Waals surface area contributed by atoms with Crippen molar-refractivity contribution in [2.45, 2.75) is 60.3 Å². The van der Waals surface area contributed by atoms with E-state index in [2.05, 4.69) is 32.9 Å². The summed E-state index contributed by atoms with van der Waals surface area (Å²) in [5.74, 6) is 0.423. The SMILES string of the molecule is CCCOC(=O)/C=C(C)/C=C/CC(C)CCC=C(C)C. The lowest BCUT2D eigenvalue weighted by molar-refractivity contribution is -0.137. The van der Waals surface area contributed by atoms with Gasteiger partial charge in [0.2, 0.25) is 0 Å². The Morgan fingerprint density at radius 3 is 2.55 bits per heavy atom. The van der Waals surface area contributed by atoms with E-state index in [0.29, 0.717) is 12.5 Å². The minimum atomic E-state index is -0.245. The highest BCUT2D eigenvalue weighted by Gasteiger charge is 1.99. The maximum absolute atomic E-state index is 11.4. The van der Waals surface area contributed by atoms with E-state index < -0.39 is 0 Å². The predicted octanol–water partition coefficient (Wildman–Crippen LogP) is 5.21. The summed E-state index contributed by atoms with van der Waals surface area (Å²) in [4.78, 5) is 11.4. The highest BCUT2D eigenvalue weighted by molar-refractivity contribution is 5.83. The lowest BCUT2D eigenvalue weighted by Gasteiger charge is -2.06. The minimum absolute atomic E-state index is 0.245. The summed E-state index contributed by atoms with van der Waals surface area (Å²) < 4.78 is 5.01. The molecule has 0 aromatic heterocycles. The zero-order chi connectivity index (χ0) is 15.4. The van der Waals surface area contributed by atoms with Crippen LogP contribution in [0.1, 0.15) is 60.3 Å². The van der Waals surface area contributed by atoms with Crippen LogP contribution in [0.3, 0.4) is 0 Å². The Labute approximate surface area is 124 Å². The van der Waals surface area contributed by atoms with Gasteiger partial charge in [-0.2, -0.15) is 0 Å². The molecule has 0 bridgehead atoms. The summed E-state index contributed by atoms with van der Waals surface area (Å²) in [7, 11) is 0. The highest BCUT2D eigenvalue weighted by atomic mass is 16.5. The van der Waals surface area contributed by atoms with Crippen LogP contribution in [-0.2, 0) is 9.53 Å². The number of allylic oxidation sites excluding steroid dienone is 5. The first kappa shape index (κ1) is 18.7. The fourth-order valence-corrected chi connectivity index (χ4v) is 1.74. The second kappa shape index (κ2) is 11.5. The Morgan fingerprint density at radius 2 is 1.95 bits per heavy atom. The Kier molecular flexibility index (Phi) is 10.8. The summed E-state index contributed by atoms with van der Waals surface area (Å²) in [5.41, 5.74) is 2.33. The van der Waals surface area contributed by atoms with E-state index in [-0.39, 0.29) is 5.97 Å². The van der Waals surface area contributed by atoms with E-state index in [1.54, 1.807) is 6.08 Å². The maximum Gasteiger partial charge on any atom is 0.331 e. The Balaban J connectivity index is 4.00. The molecule has 0 aromatic rings. The molecule has 20 heavy (non-hydrogen) atoms. The normalized spacial score (nSPS) is 13.3. The molecule has 0 aliphatic heterocycles. The first-order valence-corrected chi connectivity index (χ1v) is 7.60. The molecule has 0 N–H and O–H groups in total. The van der Waals surface area contributed by atoms with Crippen molar-refractivity contribution in [1.29, 1.82) is 0 Å². The number of carbonyl (C=O) groups is 1. The zero-order valence-corrected chi connectivity index (χ0v) is 13.7. The molecule has 0 rings (SSSR count). The van der Waals surface area contributed by atoms with Gasteiger partial charge in [-0.25, -0.2) is 4.79 Å². The molecular formula is C18H30O2. The summed E-state index contributed by atoms with van der Waals surface area (Å²) in [6, 6.07) is 0. The van der Waals surface area contributed by atoms with Crippen LogP contribution in [0.5, 0.6) is 0 Å². The second-order valence-electron chi connectivity index (χ2n) is 5.66. The van der Waals surface area contributed by atoms with Crippen molar-refractivity contribution in [2.24, 2.45) is 5.92 Å². The van der Waals surface area contributed by atoms with Gasteiger partial charge in [-0.05, 0) is 57.9 Å². The predicted molar refractivity (Wildman–Crippen MR) is 86.6 cm³/mol. The summed E-state index contributed by atoms with van der Waals surface area (Å²) in [5, 5.41) is 0. The van der Waals surface area contributed by atoms with E-state index in [1.807, 2.05) is 19.9 Å². The number of carbonyl (C=O) groups excluding carboxylic acids is 1. The lowest BCUT2D eigenvalue weighted by Crippen LogP contribution is -2.01. The molecule has 0 fully saturated rings. The van der Waals surface area contributed by atoms with Crippen LogP contribution in [0.25, 0.3) is 0 Å². The number of ether oxygens (including phenoxy) is 1. The third kappa shape index (κ3) is 11.8. The Morgan fingerprint density at radius 1 is 1.25 bits per heavy atom. The Hall–Kier alpha value is -1.31. The van der Waals surface area contributed by atoms with Crippen LogP contribution >= 0.6 is 0 Å². The molecule has 0 heterocycles. The van der Waals surface area contributed by atoms with E-state index in [0.717, 1.165) is 24.8 Å². The minimum Gasteiger partial charge on any atom is -0.463 e. The second-order valence-corrected chi connectivity index (χ2v) is 5.66. The van der Waals surface area contributed by atoms with Crippen LogP contribution in [0, 0.1) is 5.92 Å². The topological polar surface area (TPSA) is 26.3 Å². The van der Waals surface area contributed by atoms with E-state index in [4.69, 9.17) is 4.74 Å². The van der Waals surface area contributed by atoms with Gasteiger partial charge in [0.15, 0.2) is 0 Å². The van der Waals surface area contributed by atoms with Crippen molar-refractivity contribution < 1.29 is 9.53 Å². The van der Waals surface area contributed by atoms with Gasteiger partial charge in [0.25, 0.3) is 0 Å². The van der Waals surface area contributed by atoms with Crippen molar-refractivity contribution >= 4 is 5.97 Å². The molecule has 0 spiro atoms. The van der Waals surface area contributed by atoms with Crippen LogP contribution in [0.2, 0.25) is 0 Å². The molecule has 2 nitrogen and oxygen atoms in total. The van der Waals surface area contributed by atoms with Crippen LogP contribution < -0.4 is 0 Å². The van der Waals surface area contributed by atoms with Gasteiger partial charge in [-0.15, -0.1) is 0 Å². The van der Waals surface area contributed by atoms with Crippen LogP contribution in [-0.4, -0.2) is 12.6 Å². The van der Waals surface area contributed by atoms with Crippen molar-refractivity contribution in [1.82, 2.24) is 0 Å². The van der Waals surface area contributed by atoms with Gasteiger partial charge < -0.3 is 4.74 Å². The summed E-state index contributed by atoms with van der Waals surface area (Å²) >= 11 is 0. The molecule has 1 unspecified atom stereocenters. The molecule has 0 aliphatic carbocycles. The van der Waals surface area contributed by atoms with Crippen molar-refractivity contribution in [3.63, 3.8) is 0 Å². The van der Waals surface area contributed by atoms with E-state index in [9.17, 15) is 4.79 Å². The van der Waals surface area contributed by atoms with Gasteiger partial charge in [0, 0.05) is 6.08 Å². The quantitative estimate of drug-likeness (QED) is 0.250. The fraction of sp³-hybridized carbons (Fsp3) is 0.611.